The third-order valence-corrected chi connectivity index (χ3v) is 6.12. The van der Waals surface area contributed by atoms with Gasteiger partial charge in [0.2, 0.25) is 5.88 Å². The van der Waals surface area contributed by atoms with Gasteiger partial charge in [0, 0.05) is 25.2 Å². The van der Waals surface area contributed by atoms with Crippen molar-refractivity contribution < 1.29 is 19.3 Å². The summed E-state index contributed by atoms with van der Waals surface area (Å²) in [5.41, 5.74) is 2.47. The highest BCUT2D eigenvalue weighted by Crippen LogP contribution is 2.33. The molecule has 0 amide bonds. The molecule has 196 valence electrons. The maximum Gasteiger partial charge on any atom is 0.227 e. The molecule has 0 radical (unpaired) electrons. The Kier molecular flexibility index (Phi) is 9.54. The number of para-hydroxylation sites is 1. The largest absolute Gasteiger partial charge is 0.497 e. The molecule has 0 aliphatic heterocycles. The summed E-state index contributed by atoms with van der Waals surface area (Å²) >= 11 is 0. The summed E-state index contributed by atoms with van der Waals surface area (Å²) in [4.78, 5) is 2.27. The minimum absolute atomic E-state index is 0.249. The number of aromatic nitrogens is 2. The van der Waals surface area contributed by atoms with Crippen LogP contribution in [0, 0.1) is 6.92 Å². The number of hydrogen-bond donors (Lipinski definition) is 1. The molecule has 0 spiro atoms. The quantitative estimate of drug-likeness (QED) is 0.345. The number of nitrogens with zero attached hydrogens (tertiary/aromatic N) is 3. The van der Waals surface area contributed by atoms with Crippen molar-refractivity contribution in [3.8, 4) is 23.1 Å². The van der Waals surface area contributed by atoms with E-state index in [1.54, 1.807) is 7.11 Å². The van der Waals surface area contributed by atoms with Gasteiger partial charge >= 0.3 is 0 Å². The fraction of sp³-hybridized carbons (Fsp3) is 0.483. The highest BCUT2D eigenvalue weighted by Gasteiger charge is 2.25. The minimum Gasteiger partial charge on any atom is -0.497 e. The number of aryl methyl sites for hydroxylation is 1. The number of aliphatic hydroxyl groups excluding tert-OH is 1. The van der Waals surface area contributed by atoms with Crippen LogP contribution in [-0.2, 0) is 11.3 Å². The van der Waals surface area contributed by atoms with E-state index in [2.05, 4.69) is 18.7 Å². The van der Waals surface area contributed by atoms with Gasteiger partial charge in [0.05, 0.1) is 42.4 Å². The molecule has 3 rings (SSSR count). The summed E-state index contributed by atoms with van der Waals surface area (Å²) in [6, 6.07) is 17.8. The lowest BCUT2D eigenvalue weighted by molar-refractivity contribution is -0.0593. The van der Waals surface area contributed by atoms with Crippen LogP contribution in [0.15, 0.2) is 54.6 Å². The molecule has 0 fully saturated rings. The minimum atomic E-state index is -0.606. The summed E-state index contributed by atoms with van der Waals surface area (Å²) in [6.07, 6.45) is 0.343. The van der Waals surface area contributed by atoms with Crippen LogP contribution in [0.2, 0.25) is 0 Å². The second-order valence-electron chi connectivity index (χ2n) is 10.2. The van der Waals surface area contributed by atoms with Crippen LogP contribution in [0.3, 0.4) is 0 Å². The Morgan fingerprint density at radius 1 is 1.06 bits per heavy atom. The number of ether oxygens (including phenoxy) is 3. The van der Waals surface area contributed by atoms with Gasteiger partial charge in [-0.25, -0.2) is 4.68 Å². The van der Waals surface area contributed by atoms with E-state index in [0.29, 0.717) is 24.7 Å². The van der Waals surface area contributed by atoms with Gasteiger partial charge in [-0.2, -0.15) is 5.10 Å². The van der Waals surface area contributed by atoms with Gasteiger partial charge in [-0.3, -0.25) is 4.90 Å². The molecule has 1 aromatic heterocycles. The SMILES string of the molecule is CC[C@@H](C)N(Cc1c(C)nn(-c2ccccc2)c1Oc1cccc(OC)c1)C[C@@H](O)COC(C)(C)C. The third kappa shape index (κ3) is 7.56. The van der Waals surface area contributed by atoms with E-state index < -0.39 is 6.10 Å². The number of rotatable bonds is 12. The second-order valence-corrected chi connectivity index (χ2v) is 10.2. The van der Waals surface area contributed by atoms with Gasteiger partial charge in [0.25, 0.3) is 0 Å². The lowest BCUT2D eigenvalue weighted by Gasteiger charge is -2.31. The average molecular weight is 496 g/mol. The molecule has 2 atom stereocenters. The zero-order valence-electron chi connectivity index (χ0n) is 22.7. The molecule has 7 heteroatoms. The lowest BCUT2D eigenvalue weighted by atomic mass is 10.1. The first-order valence-electron chi connectivity index (χ1n) is 12.6. The first-order valence-corrected chi connectivity index (χ1v) is 12.6. The molecular formula is C29H41N3O4. The predicted molar refractivity (Wildman–Crippen MR) is 143 cm³/mol. The fourth-order valence-corrected chi connectivity index (χ4v) is 3.88. The molecule has 3 aromatic rings. The van der Waals surface area contributed by atoms with E-state index in [0.717, 1.165) is 29.1 Å². The van der Waals surface area contributed by atoms with E-state index >= 15 is 0 Å². The highest BCUT2D eigenvalue weighted by atomic mass is 16.5. The molecule has 0 aliphatic carbocycles. The zero-order chi connectivity index (χ0) is 26.3. The first-order chi connectivity index (χ1) is 17.1. The molecule has 0 saturated heterocycles. The van der Waals surface area contributed by atoms with Gasteiger partial charge < -0.3 is 19.3 Å². The maximum absolute atomic E-state index is 10.8. The number of aliphatic hydroxyl groups is 1. The molecule has 7 nitrogen and oxygen atoms in total. The van der Waals surface area contributed by atoms with Crippen LogP contribution in [0.25, 0.3) is 5.69 Å². The van der Waals surface area contributed by atoms with E-state index in [4.69, 9.17) is 19.3 Å². The first kappa shape index (κ1) is 27.7. The van der Waals surface area contributed by atoms with Crippen molar-refractivity contribution in [1.29, 1.82) is 0 Å². The van der Waals surface area contributed by atoms with Crippen molar-refractivity contribution in [2.24, 2.45) is 0 Å². The number of benzene rings is 2. The smallest absolute Gasteiger partial charge is 0.227 e. The fourth-order valence-electron chi connectivity index (χ4n) is 3.88. The van der Waals surface area contributed by atoms with Crippen LogP contribution in [-0.4, -0.2) is 57.8 Å². The van der Waals surface area contributed by atoms with Gasteiger partial charge in [0.15, 0.2) is 0 Å². The normalized spacial score (nSPS) is 13.6. The summed E-state index contributed by atoms with van der Waals surface area (Å²) in [6.45, 7) is 13.7. The average Bonchev–Trinajstić information content (AvgIpc) is 3.16. The number of hydrogen-bond acceptors (Lipinski definition) is 6. The van der Waals surface area contributed by atoms with Gasteiger partial charge in [-0.1, -0.05) is 31.2 Å². The topological polar surface area (TPSA) is 69.0 Å². The summed E-state index contributed by atoms with van der Waals surface area (Å²) in [5, 5.41) is 15.6. The Bertz CT molecular complexity index is 1090. The summed E-state index contributed by atoms with van der Waals surface area (Å²) < 4.78 is 19.6. The maximum atomic E-state index is 10.8. The standard InChI is InChI=1S/C29H41N3O4/c1-8-21(2)31(18-24(33)20-35-29(4,5)6)19-27-22(3)30-32(23-13-10-9-11-14-23)28(27)36-26-16-12-15-25(17-26)34-7/h9-17,21,24,33H,8,18-20H2,1-7H3/t21-,24-/m1/s1. The monoisotopic (exact) mass is 495 g/mol. The van der Waals surface area contributed by atoms with Gasteiger partial charge in [-0.15, -0.1) is 0 Å². The third-order valence-electron chi connectivity index (χ3n) is 6.12. The van der Waals surface area contributed by atoms with Crippen LogP contribution in [0.5, 0.6) is 17.4 Å². The molecule has 0 saturated carbocycles. The molecule has 2 aromatic carbocycles. The summed E-state index contributed by atoms with van der Waals surface area (Å²) in [7, 11) is 1.64. The van der Waals surface area contributed by atoms with Crippen LogP contribution in [0.4, 0.5) is 0 Å². The van der Waals surface area contributed by atoms with E-state index in [1.807, 2.05) is 87.0 Å². The Labute approximate surface area is 215 Å². The van der Waals surface area contributed by atoms with Crippen molar-refractivity contribution in [2.45, 2.75) is 72.3 Å². The Balaban J connectivity index is 1.96. The zero-order valence-corrected chi connectivity index (χ0v) is 22.7. The van der Waals surface area contributed by atoms with Crippen molar-refractivity contribution in [1.82, 2.24) is 14.7 Å². The Morgan fingerprint density at radius 3 is 2.39 bits per heavy atom. The lowest BCUT2D eigenvalue weighted by Crippen LogP contribution is -2.41. The molecule has 0 bridgehead atoms. The van der Waals surface area contributed by atoms with Crippen LogP contribution >= 0.6 is 0 Å². The molecule has 36 heavy (non-hydrogen) atoms. The number of methoxy groups -OCH3 is 1. The molecule has 0 aliphatic rings. The Hall–Kier alpha value is -2.87. The van der Waals surface area contributed by atoms with Crippen molar-refractivity contribution >= 4 is 0 Å². The van der Waals surface area contributed by atoms with E-state index in [9.17, 15) is 5.11 Å². The molecule has 1 heterocycles. The van der Waals surface area contributed by atoms with E-state index in [-0.39, 0.29) is 18.2 Å². The van der Waals surface area contributed by atoms with Crippen LogP contribution in [0.1, 0.15) is 52.3 Å². The molecule has 1 N–H and O–H groups in total. The molecule has 0 unspecified atom stereocenters. The Morgan fingerprint density at radius 2 is 1.75 bits per heavy atom. The van der Waals surface area contributed by atoms with Crippen molar-refractivity contribution in [2.75, 3.05) is 20.3 Å². The highest BCUT2D eigenvalue weighted by molar-refractivity contribution is 5.44. The van der Waals surface area contributed by atoms with Gasteiger partial charge in [0.1, 0.15) is 11.5 Å². The predicted octanol–water partition coefficient (Wildman–Crippen LogP) is 5.76. The van der Waals surface area contributed by atoms with E-state index in [1.165, 1.54) is 0 Å². The van der Waals surface area contributed by atoms with Crippen molar-refractivity contribution in [3.63, 3.8) is 0 Å². The van der Waals surface area contributed by atoms with Crippen LogP contribution < -0.4 is 9.47 Å². The summed E-state index contributed by atoms with van der Waals surface area (Å²) in [5.74, 6) is 2.04. The second kappa shape index (κ2) is 12.4. The van der Waals surface area contributed by atoms with Crippen molar-refractivity contribution in [3.05, 3.63) is 65.9 Å². The molecular weight excluding hydrogens is 454 g/mol. The van der Waals surface area contributed by atoms with Gasteiger partial charge in [-0.05, 0) is 65.3 Å².